The molecule has 0 radical (unpaired) electrons. The first-order valence-corrected chi connectivity index (χ1v) is 4.48. The Morgan fingerprint density at radius 3 is 3.00 bits per heavy atom. The van der Waals surface area contributed by atoms with Gasteiger partial charge in [-0.3, -0.25) is 4.79 Å². The maximum absolute atomic E-state index is 11.0. The molecule has 0 spiro atoms. The summed E-state index contributed by atoms with van der Waals surface area (Å²) in [5.41, 5.74) is -1.12. The van der Waals surface area contributed by atoms with Crippen molar-refractivity contribution in [3.63, 3.8) is 0 Å². The maximum atomic E-state index is 11.0. The summed E-state index contributed by atoms with van der Waals surface area (Å²) in [4.78, 5) is 11.0. The summed E-state index contributed by atoms with van der Waals surface area (Å²) in [6, 6.07) is 0. The van der Waals surface area contributed by atoms with E-state index in [9.17, 15) is 9.90 Å². The number of morpholine rings is 1. The van der Waals surface area contributed by atoms with Crippen LogP contribution in [0.4, 0.5) is 0 Å². The first kappa shape index (κ1) is 8.72. The average molecular weight is 183 g/mol. The summed E-state index contributed by atoms with van der Waals surface area (Å²) in [7, 11) is 0. The van der Waals surface area contributed by atoms with E-state index in [4.69, 9.17) is 4.74 Å². The molecule has 0 aromatic rings. The molecular formula is C9H13NO3. The largest absolute Gasteiger partial charge is 0.368 e. The second kappa shape index (κ2) is 2.82. The molecule has 2 rings (SSSR count). The fourth-order valence-corrected chi connectivity index (χ4v) is 1.71. The Labute approximate surface area is 76.6 Å². The molecule has 2 aliphatic rings. The first-order valence-electron chi connectivity index (χ1n) is 4.48. The number of epoxide rings is 1. The number of aliphatic hydroxyl groups is 1. The van der Waals surface area contributed by atoms with Crippen LogP contribution in [0.25, 0.3) is 0 Å². The highest BCUT2D eigenvalue weighted by Crippen LogP contribution is 2.39. The molecule has 2 N–H and O–H groups in total. The van der Waals surface area contributed by atoms with Crippen molar-refractivity contribution in [1.29, 1.82) is 0 Å². The van der Waals surface area contributed by atoms with Gasteiger partial charge in [-0.05, 0) is 13.3 Å². The van der Waals surface area contributed by atoms with E-state index in [1.165, 1.54) is 0 Å². The van der Waals surface area contributed by atoms with Gasteiger partial charge in [0.1, 0.15) is 6.10 Å². The van der Waals surface area contributed by atoms with E-state index in [2.05, 4.69) is 5.32 Å². The Balaban J connectivity index is 1.94. The molecule has 0 aliphatic carbocycles. The van der Waals surface area contributed by atoms with Gasteiger partial charge in [-0.25, -0.2) is 0 Å². The minimum atomic E-state index is -1.12. The van der Waals surface area contributed by atoms with Gasteiger partial charge < -0.3 is 15.2 Å². The van der Waals surface area contributed by atoms with Gasteiger partial charge >= 0.3 is 0 Å². The SMILES string of the molecule is C/C=C/CC[C@@]1(O)NC(=O)[C@@H]2O[C@@H]21. The van der Waals surface area contributed by atoms with Gasteiger partial charge in [0.15, 0.2) is 11.8 Å². The molecule has 0 aromatic heterocycles. The Morgan fingerprint density at radius 2 is 2.54 bits per heavy atom. The quantitative estimate of drug-likeness (QED) is 0.475. The van der Waals surface area contributed by atoms with Crippen molar-refractivity contribution in [2.45, 2.75) is 37.7 Å². The van der Waals surface area contributed by atoms with E-state index in [0.717, 1.165) is 6.42 Å². The Kier molecular flexibility index (Phi) is 1.89. The van der Waals surface area contributed by atoms with E-state index >= 15 is 0 Å². The number of carbonyl (C=O) groups excluding carboxylic acids is 1. The van der Waals surface area contributed by atoms with Gasteiger partial charge in [0.05, 0.1) is 0 Å². The van der Waals surface area contributed by atoms with E-state index in [-0.39, 0.29) is 12.0 Å². The summed E-state index contributed by atoms with van der Waals surface area (Å²) in [6.45, 7) is 1.92. The summed E-state index contributed by atoms with van der Waals surface area (Å²) < 4.78 is 5.03. The van der Waals surface area contributed by atoms with Gasteiger partial charge in [0.25, 0.3) is 5.91 Å². The first-order chi connectivity index (χ1) is 6.17. The predicted molar refractivity (Wildman–Crippen MR) is 45.8 cm³/mol. The fraction of sp³-hybridized carbons (Fsp3) is 0.667. The van der Waals surface area contributed by atoms with E-state index < -0.39 is 11.8 Å². The van der Waals surface area contributed by atoms with Gasteiger partial charge in [0, 0.05) is 6.42 Å². The van der Waals surface area contributed by atoms with Crippen molar-refractivity contribution >= 4 is 5.91 Å². The van der Waals surface area contributed by atoms with E-state index in [1.54, 1.807) is 0 Å². The lowest BCUT2D eigenvalue weighted by molar-refractivity contribution is -0.129. The van der Waals surface area contributed by atoms with Crippen molar-refractivity contribution in [3.8, 4) is 0 Å². The normalized spacial score (nSPS) is 42.2. The Hall–Kier alpha value is -0.870. The number of allylic oxidation sites excluding steroid dienone is 2. The maximum Gasteiger partial charge on any atom is 0.254 e. The monoisotopic (exact) mass is 183 g/mol. The molecule has 0 saturated carbocycles. The molecule has 13 heavy (non-hydrogen) atoms. The number of fused-ring (bicyclic) bond motifs is 1. The van der Waals surface area contributed by atoms with Crippen molar-refractivity contribution in [2.75, 3.05) is 0 Å². The lowest BCUT2D eigenvalue weighted by Crippen LogP contribution is -2.47. The van der Waals surface area contributed by atoms with E-state index in [1.807, 2.05) is 19.1 Å². The standard InChI is InChI=1S/C9H13NO3/c1-2-3-4-5-9(12)7-6(13-7)8(11)10-9/h2-3,6-7,12H,4-5H2,1H3,(H,10,11)/b3-2+/t6-,7+,9+/m1/s1. The molecule has 2 saturated heterocycles. The zero-order valence-corrected chi connectivity index (χ0v) is 7.49. The van der Waals surface area contributed by atoms with Crippen molar-refractivity contribution in [2.24, 2.45) is 0 Å². The van der Waals surface area contributed by atoms with Gasteiger partial charge in [0.2, 0.25) is 0 Å². The average Bonchev–Trinajstić information content (AvgIpc) is 2.79. The topological polar surface area (TPSA) is 61.9 Å². The lowest BCUT2D eigenvalue weighted by atomic mass is 10.1. The molecular weight excluding hydrogens is 170 g/mol. The molecule has 4 heteroatoms. The molecule has 0 unspecified atom stereocenters. The van der Waals surface area contributed by atoms with Crippen LogP contribution in [0.1, 0.15) is 19.8 Å². The highest BCUT2D eigenvalue weighted by atomic mass is 16.6. The highest BCUT2D eigenvalue weighted by Gasteiger charge is 2.64. The number of hydrogen-bond acceptors (Lipinski definition) is 3. The molecule has 0 aromatic carbocycles. The van der Waals surface area contributed by atoms with Gasteiger partial charge in [-0.1, -0.05) is 12.2 Å². The minimum Gasteiger partial charge on any atom is -0.368 e. The lowest BCUT2D eigenvalue weighted by Gasteiger charge is -2.22. The minimum absolute atomic E-state index is 0.187. The second-order valence-electron chi connectivity index (χ2n) is 3.50. The smallest absolute Gasteiger partial charge is 0.254 e. The third-order valence-electron chi connectivity index (χ3n) is 2.49. The third kappa shape index (κ3) is 1.36. The molecule has 4 nitrogen and oxygen atoms in total. The number of ether oxygens (including phenoxy) is 1. The summed E-state index contributed by atoms with van der Waals surface area (Å²) >= 11 is 0. The zero-order valence-electron chi connectivity index (χ0n) is 7.49. The molecule has 2 fully saturated rings. The van der Waals surface area contributed by atoms with Crippen LogP contribution >= 0.6 is 0 Å². The molecule has 2 aliphatic heterocycles. The molecule has 1 amide bonds. The second-order valence-corrected chi connectivity index (χ2v) is 3.50. The van der Waals surface area contributed by atoms with Crippen LogP contribution in [0, 0.1) is 0 Å². The molecule has 2 heterocycles. The van der Waals surface area contributed by atoms with Crippen molar-refractivity contribution < 1.29 is 14.6 Å². The molecule has 72 valence electrons. The summed E-state index contributed by atoms with van der Waals surface area (Å²) in [5, 5.41) is 12.5. The van der Waals surface area contributed by atoms with Gasteiger partial charge in [-0.2, -0.15) is 0 Å². The highest BCUT2D eigenvalue weighted by molar-refractivity contribution is 5.88. The number of carbonyl (C=O) groups is 1. The molecule has 0 bridgehead atoms. The third-order valence-corrected chi connectivity index (χ3v) is 2.49. The fourth-order valence-electron chi connectivity index (χ4n) is 1.71. The predicted octanol–water partition coefficient (Wildman–Crippen LogP) is -0.0715. The summed E-state index contributed by atoms with van der Waals surface area (Å²) in [5.74, 6) is -0.187. The van der Waals surface area contributed by atoms with Crippen LogP contribution < -0.4 is 5.32 Å². The van der Waals surface area contributed by atoms with Crippen LogP contribution in [-0.2, 0) is 9.53 Å². The number of nitrogens with one attached hydrogen (secondary N) is 1. The van der Waals surface area contributed by atoms with E-state index in [0.29, 0.717) is 6.42 Å². The number of rotatable bonds is 3. The van der Waals surface area contributed by atoms with Crippen LogP contribution in [0.3, 0.4) is 0 Å². The van der Waals surface area contributed by atoms with Crippen molar-refractivity contribution in [3.05, 3.63) is 12.2 Å². The molecule has 3 atom stereocenters. The van der Waals surface area contributed by atoms with Gasteiger partial charge in [-0.15, -0.1) is 0 Å². The number of hydrogen-bond donors (Lipinski definition) is 2. The van der Waals surface area contributed by atoms with Crippen molar-refractivity contribution in [1.82, 2.24) is 5.32 Å². The number of amides is 1. The van der Waals surface area contributed by atoms with Crippen LogP contribution in [0.5, 0.6) is 0 Å². The van der Waals surface area contributed by atoms with Crippen LogP contribution in [-0.4, -0.2) is 28.9 Å². The van der Waals surface area contributed by atoms with Crippen LogP contribution in [0.2, 0.25) is 0 Å². The summed E-state index contributed by atoms with van der Waals surface area (Å²) in [6.07, 6.45) is 4.44. The van der Waals surface area contributed by atoms with Crippen LogP contribution in [0.15, 0.2) is 12.2 Å². The Bertz CT molecular complexity index is 264. The zero-order chi connectivity index (χ0) is 9.47. The Morgan fingerprint density at radius 1 is 1.77 bits per heavy atom.